The van der Waals surface area contributed by atoms with Gasteiger partial charge in [-0.25, -0.2) is 0 Å². The van der Waals surface area contributed by atoms with Crippen molar-refractivity contribution in [1.82, 2.24) is 9.80 Å². The summed E-state index contributed by atoms with van der Waals surface area (Å²) in [6, 6.07) is -0.540. The Morgan fingerprint density at radius 3 is 2.39 bits per heavy atom. The Morgan fingerprint density at radius 1 is 1.33 bits per heavy atom. The van der Waals surface area contributed by atoms with Gasteiger partial charge in [-0.3, -0.25) is 9.59 Å². The average molecular weight is 259 g/mol. The van der Waals surface area contributed by atoms with Crippen LogP contribution in [0.3, 0.4) is 0 Å². The van der Waals surface area contributed by atoms with E-state index in [0.717, 1.165) is 6.42 Å². The fourth-order valence-electron chi connectivity index (χ4n) is 1.44. The number of hydrogen-bond donors (Lipinski definition) is 1. The minimum absolute atomic E-state index is 0.0482. The molecule has 2 N–H and O–H groups in total. The second kappa shape index (κ2) is 8.88. The first-order chi connectivity index (χ1) is 8.43. The molecule has 0 heterocycles. The number of hydrogen-bond acceptors (Lipinski definition) is 4. The predicted octanol–water partition coefficient (Wildman–Crippen LogP) is -0.323. The van der Waals surface area contributed by atoms with Crippen LogP contribution in [-0.4, -0.2) is 68.6 Å². The van der Waals surface area contributed by atoms with Crippen LogP contribution in [0.5, 0.6) is 0 Å². The van der Waals surface area contributed by atoms with Gasteiger partial charge in [-0.15, -0.1) is 0 Å². The van der Waals surface area contributed by atoms with E-state index in [1.54, 1.807) is 21.2 Å². The summed E-state index contributed by atoms with van der Waals surface area (Å²) >= 11 is 0. The Balaban J connectivity index is 4.55. The highest BCUT2D eigenvalue weighted by Gasteiger charge is 2.22. The van der Waals surface area contributed by atoms with Crippen LogP contribution in [-0.2, 0) is 14.3 Å². The maximum atomic E-state index is 12.1. The first kappa shape index (κ1) is 16.9. The maximum Gasteiger partial charge on any atom is 0.241 e. The molecule has 0 saturated carbocycles. The molecule has 0 aromatic heterocycles. The second-order valence-corrected chi connectivity index (χ2v) is 4.44. The van der Waals surface area contributed by atoms with Gasteiger partial charge in [-0.2, -0.15) is 0 Å². The van der Waals surface area contributed by atoms with Crippen molar-refractivity contribution in [1.29, 1.82) is 0 Å². The maximum absolute atomic E-state index is 12.1. The molecule has 0 spiro atoms. The monoisotopic (exact) mass is 259 g/mol. The molecule has 1 atom stereocenters. The largest absolute Gasteiger partial charge is 0.383 e. The standard InChI is InChI=1S/C12H25N3O3/c1-5-6-10(13)12(17)15(7-8-18-4)9-11(16)14(2)3/h10H,5-9,13H2,1-4H3/t10-/m1/s1. The van der Waals surface area contributed by atoms with Crippen molar-refractivity contribution in [3.63, 3.8) is 0 Å². The number of methoxy groups -OCH3 is 1. The molecule has 2 amide bonds. The lowest BCUT2D eigenvalue weighted by Gasteiger charge is -2.26. The average Bonchev–Trinajstić information content (AvgIpc) is 2.33. The minimum atomic E-state index is -0.540. The highest BCUT2D eigenvalue weighted by atomic mass is 16.5. The fraction of sp³-hybridized carbons (Fsp3) is 0.833. The number of amides is 2. The number of carbonyl (C=O) groups is 2. The molecule has 0 bridgehead atoms. The van der Waals surface area contributed by atoms with Crippen LogP contribution in [0.1, 0.15) is 19.8 Å². The van der Waals surface area contributed by atoms with Crippen LogP contribution in [0.2, 0.25) is 0 Å². The number of nitrogens with two attached hydrogens (primary N) is 1. The second-order valence-electron chi connectivity index (χ2n) is 4.44. The molecule has 18 heavy (non-hydrogen) atoms. The summed E-state index contributed by atoms with van der Waals surface area (Å²) in [5.74, 6) is -0.313. The summed E-state index contributed by atoms with van der Waals surface area (Å²) in [6.07, 6.45) is 1.46. The van der Waals surface area contributed by atoms with Gasteiger partial charge in [-0.1, -0.05) is 13.3 Å². The zero-order valence-electron chi connectivity index (χ0n) is 11.8. The number of carbonyl (C=O) groups excluding carboxylic acids is 2. The van der Waals surface area contributed by atoms with Crippen LogP contribution in [0.4, 0.5) is 0 Å². The molecule has 106 valence electrons. The van der Waals surface area contributed by atoms with Crippen molar-refractivity contribution in [2.75, 3.05) is 40.9 Å². The van der Waals surface area contributed by atoms with E-state index in [0.29, 0.717) is 19.6 Å². The molecule has 0 rings (SSSR count). The zero-order valence-corrected chi connectivity index (χ0v) is 11.8. The van der Waals surface area contributed by atoms with E-state index in [1.165, 1.54) is 9.80 Å². The Kier molecular flexibility index (Phi) is 8.32. The molecule has 0 fully saturated rings. The Hall–Kier alpha value is -1.14. The van der Waals surface area contributed by atoms with E-state index in [1.807, 2.05) is 6.92 Å². The minimum Gasteiger partial charge on any atom is -0.383 e. The number of rotatable bonds is 8. The van der Waals surface area contributed by atoms with Gasteiger partial charge in [0.2, 0.25) is 11.8 Å². The number of nitrogens with zero attached hydrogens (tertiary/aromatic N) is 2. The molecule has 0 radical (unpaired) electrons. The summed E-state index contributed by atoms with van der Waals surface area (Å²) in [5, 5.41) is 0. The van der Waals surface area contributed by atoms with E-state index in [-0.39, 0.29) is 18.4 Å². The van der Waals surface area contributed by atoms with Gasteiger partial charge in [0.1, 0.15) is 0 Å². The molecule has 0 aliphatic rings. The third-order valence-corrected chi connectivity index (χ3v) is 2.62. The molecule has 0 aliphatic heterocycles. The molecule has 0 aromatic rings. The lowest BCUT2D eigenvalue weighted by molar-refractivity contribution is -0.140. The molecular weight excluding hydrogens is 234 g/mol. The van der Waals surface area contributed by atoms with Gasteiger partial charge in [0.25, 0.3) is 0 Å². The normalized spacial score (nSPS) is 12.1. The lowest BCUT2D eigenvalue weighted by atomic mass is 10.1. The molecule has 0 unspecified atom stereocenters. The smallest absolute Gasteiger partial charge is 0.241 e. The van der Waals surface area contributed by atoms with E-state index in [9.17, 15) is 9.59 Å². The fourth-order valence-corrected chi connectivity index (χ4v) is 1.44. The zero-order chi connectivity index (χ0) is 14.1. The Morgan fingerprint density at radius 2 is 1.94 bits per heavy atom. The van der Waals surface area contributed by atoms with E-state index in [2.05, 4.69) is 0 Å². The van der Waals surface area contributed by atoms with Crippen molar-refractivity contribution in [3.8, 4) is 0 Å². The third-order valence-electron chi connectivity index (χ3n) is 2.62. The number of ether oxygens (including phenoxy) is 1. The van der Waals surface area contributed by atoms with E-state index >= 15 is 0 Å². The summed E-state index contributed by atoms with van der Waals surface area (Å²) in [5.41, 5.74) is 5.80. The molecule has 0 saturated heterocycles. The van der Waals surface area contributed by atoms with E-state index in [4.69, 9.17) is 10.5 Å². The molecule has 6 heteroatoms. The highest BCUT2D eigenvalue weighted by molar-refractivity contribution is 5.87. The van der Waals surface area contributed by atoms with Crippen LogP contribution >= 0.6 is 0 Å². The Bertz CT molecular complexity index is 269. The van der Waals surface area contributed by atoms with E-state index < -0.39 is 6.04 Å². The topological polar surface area (TPSA) is 75.9 Å². The van der Waals surface area contributed by atoms with Crippen molar-refractivity contribution in [3.05, 3.63) is 0 Å². The Labute approximate surface area is 109 Å². The van der Waals surface area contributed by atoms with Gasteiger partial charge in [-0.05, 0) is 6.42 Å². The first-order valence-corrected chi connectivity index (χ1v) is 6.17. The van der Waals surface area contributed by atoms with Crippen molar-refractivity contribution >= 4 is 11.8 Å². The molecule has 0 aromatic carbocycles. The van der Waals surface area contributed by atoms with Gasteiger partial charge in [0, 0.05) is 27.7 Å². The predicted molar refractivity (Wildman–Crippen MR) is 70.0 cm³/mol. The summed E-state index contributed by atoms with van der Waals surface area (Å²) in [4.78, 5) is 26.6. The van der Waals surface area contributed by atoms with Crippen molar-refractivity contribution in [2.24, 2.45) is 5.73 Å². The number of likely N-dealkylation sites (N-methyl/N-ethyl adjacent to an activating group) is 1. The van der Waals surface area contributed by atoms with Gasteiger partial charge >= 0.3 is 0 Å². The van der Waals surface area contributed by atoms with Gasteiger partial charge < -0.3 is 20.3 Å². The lowest BCUT2D eigenvalue weighted by Crippen LogP contribution is -2.48. The molecular formula is C12H25N3O3. The van der Waals surface area contributed by atoms with Gasteiger partial charge in [0.05, 0.1) is 19.2 Å². The van der Waals surface area contributed by atoms with Gasteiger partial charge in [0.15, 0.2) is 0 Å². The van der Waals surface area contributed by atoms with Crippen LogP contribution in [0, 0.1) is 0 Å². The van der Waals surface area contributed by atoms with Crippen LogP contribution in [0.25, 0.3) is 0 Å². The molecule has 6 nitrogen and oxygen atoms in total. The summed E-state index contributed by atoms with van der Waals surface area (Å²) in [6.45, 7) is 2.79. The van der Waals surface area contributed by atoms with Crippen molar-refractivity contribution < 1.29 is 14.3 Å². The van der Waals surface area contributed by atoms with Crippen LogP contribution < -0.4 is 5.73 Å². The SMILES string of the molecule is CCC[C@@H](N)C(=O)N(CCOC)CC(=O)N(C)C. The summed E-state index contributed by atoms with van der Waals surface area (Å²) < 4.78 is 4.94. The quantitative estimate of drug-likeness (QED) is 0.648. The first-order valence-electron chi connectivity index (χ1n) is 6.17. The van der Waals surface area contributed by atoms with Crippen LogP contribution in [0.15, 0.2) is 0 Å². The molecule has 0 aliphatic carbocycles. The van der Waals surface area contributed by atoms with Crippen molar-refractivity contribution in [2.45, 2.75) is 25.8 Å². The highest BCUT2D eigenvalue weighted by Crippen LogP contribution is 2.01. The third kappa shape index (κ3) is 5.97. The summed E-state index contributed by atoms with van der Waals surface area (Å²) in [7, 11) is 4.88.